The van der Waals surface area contributed by atoms with Gasteiger partial charge in [0, 0.05) is 17.0 Å². The van der Waals surface area contributed by atoms with Crippen LogP contribution in [0.5, 0.6) is 0 Å². The van der Waals surface area contributed by atoms with Gasteiger partial charge in [0.05, 0.1) is 12.8 Å². The Kier molecular flexibility index (Phi) is 3.04. The number of hydrogen-bond donors (Lipinski definition) is 1. The van der Waals surface area contributed by atoms with Gasteiger partial charge in [0.15, 0.2) is 0 Å². The highest BCUT2D eigenvalue weighted by molar-refractivity contribution is 6.30. The summed E-state index contributed by atoms with van der Waals surface area (Å²) in [7, 11) is 0. The fourth-order valence-electron chi connectivity index (χ4n) is 1.35. The lowest BCUT2D eigenvalue weighted by Crippen LogP contribution is -1.91. The quantitative estimate of drug-likeness (QED) is 0.869. The molecule has 0 saturated carbocycles. The molecule has 0 bridgehead atoms. The van der Waals surface area contributed by atoms with Crippen LogP contribution in [0.3, 0.4) is 0 Å². The lowest BCUT2D eigenvalue weighted by atomic mass is 10.1. The number of benzene rings is 1. The topological polar surface area (TPSA) is 46.3 Å². The van der Waals surface area contributed by atoms with Crippen molar-refractivity contribution in [1.29, 1.82) is 0 Å². The molecule has 1 aromatic carbocycles. The first-order valence-corrected chi connectivity index (χ1v) is 4.95. The molecule has 2 aromatic rings. The molecule has 0 aliphatic heterocycles. The fourth-order valence-corrected chi connectivity index (χ4v) is 1.47. The van der Waals surface area contributed by atoms with Crippen LogP contribution >= 0.6 is 11.6 Å². The van der Waals surface area contributed by atoms with Crippen molar-refractivity contribution >= 4 is 11.6 Å². The Morgan fingerprint density at radius 1 is 1.27 bits per heavy atom. The van der Waals surface area contributed by atoms with Gasteiger partial charge in [0.1, 0.15) is 5.76 Å². The summed E-state index contributed by atoms with van der Waals surface area (Å²) in [6, 6.07) is 7.50. The molecule has 0 unspecified atom stereocenters. The third-order valence-electron chi connectivity index (χ3n) is 2.18. The minimum absolute atomic E-state index is 0.0492. The maximum absolute atomic E-state index is 9.01. The summed E-state index contributed by atoms with van der Waals surface area (Å²) in [6.45, 7) is -0.0492. The van der Waals surface area contributed by atoms with Crippen molar-refractivity contribution in [1.82, 2.24) is 5.16 Å². The first-order chi connectivity index (χ1) is 7.29. The van der Waals surface area contributed by atoms with E-state index in [1.807, 2.05) is 24.3 Å². The van der Waals surface area contributed by atoms with Crippen LogP contribution in [0.15, 0.2) is 35.0 Å². The van der Waals surface area contributed by atoms with E-state index >= 15 is 0 Å². The van der Waals surface area contributed by atoms with Gasteiger partial charge in [-0.2, -0.15) is 0 Å². The van der Waals surface area contributed by atoms with Gasteiger partial charge in [-0.3, -0.25) is 0 Å². The smallest absolute Gasteiger partial charge is 0.146 e. The van der Waals surface area contributed by atoms with Crippen molar-refractivity contribution in [3.8, 4) is 0 Å². The number of aromatic nitrogens is 1. The maximum atomic E-state index is 9.01. The first kappa shape index (κ1) is 10.2. The van der Waals surface area contributed by atoms with Crippen molar-refractivity contribution in [3.63, 3.8) is 0 Å². The van der Waals surface area contributed by atoms with E-state index in [2.05, 4.69) is 5.16 Å². The molecule has 15 heavy (non-hydrogen) atoms. The molecule has 4 heteroatoms. The van der Waals surface area contributed by atoms with E-state index in [-0.39, 0.29) is 6.61 Å². The number of aliphatic hydroxyl groups is 1. The van der Waals surface area contributed by atoms with Crippen LogP contribution in [-0.2, 0) is 13.0 Å². The summed E-state index contributed by atoms with van der Waals surface area (Å²) >= 11 is 5.78. The zero-order valence-corrected chi connectivity index (χ0v) is 8.74. The predicted molar refractivity (Wildman–Crippen MR) is 56.7 cm³/mol. The summed E-state index contributed by atoms with van der Waals surface area (Å²) in [5.74, 6) is 0.694. The van der Waals surface area contributed by atoms with Crippen LogP contribution in [0.25, 0.3) is 0 Å². The van der Waals surface area contributed by atoms with Gasteiger partial charge in [-0.1, -0.05) is 28.9 Å². The van der Waals surface area contributed by atoms with Crippen LogP contribution in [-0.4, -0.2) is 10.3 Å². The molecular formula is C11H10ClNO2. The average molecular weight is 224 g/mol. The molecule has 3 nitrogen and oxygen atoms in total. The third kappa shape index (κ3) is 2.37. The molecule has 1 heterocycles. The van der Waals surface area contributed by atoms with E-state index in [4.69, 9.17) is 21.2 Å². The minimum Gasteiger partial charge on any atom is -0.391 e. The van der Waals surface area contributed by atoms with E-state index in [1.54, 1.807) is 0 Å². The zero-order chi connectivity index (χ0) is 10.7. The van der Waals surface area contributed by atoms with Crippen LogP contribution in [0, 0.1) is 0 Å². The van der Waals surface area contributed by atoms with Gasteiger partial charge < -0.3 is 9.63 Å². The van der Waals surface area contributed by atoms with Gasteiger partial charge >= 0.3 is 0 Å². The Morgan fingerprint density at radius 2 is 2.00 bits per heavy atom. The van der Waals surface area contributed by atoms with Gasteiger partial charge in [-0.15, -0.1) is 0 Å². The molecule has 0 aliphatic carbocycles. The molecule has 1 aromatic heterocycles. The molecule has 0 saturated heterocycles. The van der Waals surface area contributed by atoms with E-state index < -0.39 is 0 Å². The highest BCUT2D eigenvalue weighted by Gasteiger charge is 2.07. The van der Waals surface area contributed by atoms with Crippen LogP contribution in [0.4, 0.5) is 0 Å². The van der Waals surface area contributed by atoms with Crippen molar-refractivity contribution in [2.75, 3.05) is 0 Å². The third-order valence-corrected chi connectivity index (χ3v) is 2.43. The van der Waals surface area contributed by atoms with Crippen LogP contribution in [0.1, 0.15) is 16.9 Å². The zero-order valence-electron chi connectivity index (χ0n) is 7.98. The first-order valence-electron chi connectivity index (χ1n) is 4.57. The monoisotopic (exact) mass is 223 g/mol. The van der Waals surface area contributed by atoms with Gasteiger partial charge in [-0.05, 0) is 17.7 Å². The average Bonchev–Trinajstić information content (AvgIpc) is 2.69. The molecule has 0 spiro atoms. The molecule has 0 radical (unpaired) electrons. The number of aliphatic hydroxyl groups excluding tert-OH is 1. The highest BCUT2D eigenvalue weighted by atomic mass is 35.5. The molecule has 0 fully saturated rings. The van der Waals surface area contributed by atoms with Gasteiger partial charge in [0.2, 0.25) is 0 Å². The van der Waals surface area contributed by atoms with Gasteiger partial charge in [-0.25, -0.2) is 0 Å². The maximum Gasteiger partial charge on any atom is 0.146 e. The summed E-state index contributed by atoms with van der Waals surface area (Å²) in [4.78, 5) is 0. The Hall–Kier alpha value is -1.32. The SMILES string of the molecule is OCc1cnoc1Cc1ccc(Cl)cc1. The summed E-state index contributed by atoms with van der Waals surface area (Å²) < 4.78 is 5.05. The lowest BCUT2D eigenvalue weighted by molar-refractivity contribution is 0.277. The minimum atomic E-state index is -0.0492. The molecule has 78 valence electrons. The largest absolute Gasteiger partial charge is 0.391 e. The summed E-state index contributed by atoms with van der Waals surface area (Å²) in [6.07, 6.45) is 2.15. The molecular weight excluding hydrogens is 214 g/mol. The fraction of sp³-hybridized carbons (Fsp3) is 0.182. The van der Waals surface area contributed by atoms with Crippen molar-refractivity contribution in [3.05, 3.63) is 52.4 Å². The van der Waals surface area contributed by atoms with E-state index in [0.717, 1.165) is 11.1 Å². The van der Waals surface area contributed by atoms with E-state index in [9.17, 15) is 0 Å². The van der Waals surface area contributed by atoms with Crippen LogP contribution in [0.2, 0.25) is 5.02 Å². The van der Waals surface area contributed by atoms with Crippen LogP contribution < -0.4 is 0 Å². The van der Waals surface area contributed by atoms with E-state index in [0.29, 0.717) is 17.2 Å². The Balaban J connectivity index is 2.18. The second kappa shape index (κ2) is 4.47. The van der Waals surface area contributed by atoms with Crippen molar-refractivity contribution in [2.45, 2.75) is 13.0 Å². The highest BCUT2D eigenvalue weighted by Crippen LogP contribution is 2.16. The summed E-state index contributed by atoms with van der Waals surface area (Å²) in [5.41, 5.74) is 1.80. The number of hydrogen-bond acceptors (Lipinski definition) is 3. The molecule has 0 aliphatic rings. The normalized spacial score (nSPS) is 10.5. The number of halogens is 1. The number of nitrogens with zero attached hydrogens (tertiary/aromatic N) is 1. The Morgan fingerprint density at radius 3 is 2.67 bits per heavy atom. The molecule has 2 rings (SSSR count). The molecule has 1 N–H and O–H groups in total. The molecule has 0 amide bonds. The second-order valence-corrected chi connectivity index (χ2v) is 3.67. The summed E-state index contributed by atoms with van der Waals surface area (Å²) in [5, 5.41) is 13.4. The Labute approximate surface area is 92.3 Å². The van der Waals surface area contributed by atoms with Crippen molar-refractivity contribution in [2.24, 2.45) is 0 Å². The Bertz CT molecular complexity index is 436. The van der Waals surface area contributed by atoms with Crippen molar-refractivity contribution < 1.29 is 9.63 Å². The number of rotatable bonds is 3. The standard InChI is InChI=1S/C11H10ClNO2/c12-10-3-1-8(2-4-10)5-11-9(7-14)6-13-15-11/h1-4,6,14H,5,7H2. The second-order valence-electron chi connectivity index (χ2n) is 3.24. The molecule has 0 atom stereocenters. The lowest BCUT2D eigenvalue weighted by Gasteiger charge is -1.99. The predicted octanol–water partition coefficient (Wildman–Crippen LogP) is 2.41. The van der Waals surface area contributed by atoms with E-state index in [1.165, 1.54) is 6.20 Å². The van der Waals surface area contributed by atoms with Gasteiger partial charge in [0.25, 0.3) is 0 Å².